The lowest BCUT2D eigenvalue weighted by Gasteiger charge is -2.45. The van der Waals surface area contributed by atoms with Crippen molar-refractivity contribution in [2.75, 3.05) is 5.73 Å². The minimum absolute atomic E-state index is 0.111. The Morgan fingerprint density at radius 1 is 1.38 bits per heavy atom. The lowest BCUT2D eigenvalue weighted by atomic mass is 9.88. The van der Waals surface area contributed by atoms with Crippen molar-refractivity contribution >= 4 is 51.7 Å². The van der Waals surface area contributed by atoms with Gasteiger partial charge in [0.1, 0.15) is 18.2 Å². The normalized spacial score (nSPS) is 33.8. The van der Waals surface area contributed by atoms with Crippen LogP contribution in [0.1, 0.15) is 58.6 Å². The summed E-state index contributed by atoms with van der Waals surface area (Å²) in [5.74, 6) is -1.89. The second kappa shape index (κ2) is 8.31. The highest BCUT2D eigenvalue weighted by Gasteiger charge is 2.75. The molecule has 12 heteroatoms. The van der Waals surface area contributed by atoms with Crippen LogP contribution in [0.25, 0.3) is 0 Å². The summed E-state index contributed by atoms with van der Waals surface area (Å²) in [5, 5.41) is 15.5. The standard InChI is InChI=1S/C20H27N5O5S2/c1-10-6-4-5-7-12(10)30-24-15(11-9-31-19(21)22-11)17(27)23-25-13(26)8-14(25)32-20(2,3)16(25)18(28)29/h9-10,12,14,16H,4-8H2,1-3H3,(H3-,21,22,23,27,28,29)/p+1/t10-,12-,14-,16+,25?/m1/s1. The Balaban J connectivity index is 1.64. The molecule has 4 rings (SSSR count). The molecule has 10 nitrogen and oxygen atoms in total. The van der Waals surface area contributed by atoms with Gasteiger partial charge in [0.2, 0.25) is 6.04 Å². The van der Waals surface area contributed by atoms with Gasteiger partial charge in [0.25, 0.3) is 0 Å². The van der Waals surface area contributed by atoms with Gasteiger partial charge in [0, 0.05) is 5.38 Å². The third kappa shape index (κ3) is 3.77. The predicted molar refractivity (Wildman–Crippen MR) is 120 cm³/mol. The monoisotopic (exact) mass is 482 g/mol. The molecule has 0 radical (unpaired) electrons. The number of rotatable bonds is 6. The lowest BCUT2D eigenvalue weighted by Crippen LogP contribution is -2.79. The first kappa shape index (κ1) is 23.0. The summed E-state index contributed by atoms with van der Waals surface area (Å²) in [7, 11) is 0. The first-order valence-electron chi connectivity index (χ1n) is 10.7. The largest absolute Gasteiger partial charge is 0.477 e. The van der Waals surface area contributed by atoms with E-state index in [1.54, 1.807) is 19.2 Å². The molecule has 1 aromatic heterocycles. The van der Waals surface area contributed by atoms with E-state index in [0.717, 1.165) is 37.0 Å². The van der Waals surface area contributed by atoms with E-state index in [1.165, 1.54) is 11.8 Å². The van der Waals surface area contributed by atoms with Crippen molar-refractivity contribution in [3.05, 3.63) is 11.1 Å². The number of aromatic nitrogens is 1. The zero-order valence-corrected chi connectivity index (χ0v) is 19.9. The van der Waals surface area contributed by atoms with Crippen LogP contribution in [0.3, 0.4) is 0 Å². The van der Waals surface area contributed by atoms with Crippen LogP contribution in [-0.4, -0.2) is 60.4 Å². The number of carbonyl (C=O) groups excluding carboxylic acids is 2. The molecule has 1 saturated carbocycles. The molecule has 0 aromatic carbocycles. The van der Waals surface area contributed by atoms with Crippen LogP contribution in [0.5, 0.6) is 0 Å². The smallest absolute Gasteiger partial charge is 0.367 e. The van der Waals surface area contributed by atoms with Crippen LogP contribution in [0.15, 0.2) is 10.5 Å². The fraction of sp³-hybridized carbons (Fsp3) is 0.650. The Labute approximate surface area is 194 Å². The maximum Gasteiger partial charge on any atom is 0.367 e. The minimum atomic E-state index is -1.14. The lowest BCUT2D eigenvalue weighted by molar-refractivity contribution is -0.934. The molecule has 3 fully saturated rings. The quantitative estimate of drug-likeness (QED) is 0.242. The van der Waals surface area contributed by atoms with Gasteiger partial charge < -0.3 is 15.7 Å². The summed E-state index contributed by atoms with van der Waals surface area (Å²) in [4.78, 5) is 48.2. The highest BCUT2D eigenvalue weighted by atomic mass is 32.2. The molecule has 1 aromatic rings. The van der Waals surface area contributed by atoms with Gasteiger partial charge in [-0.15, -0.1) is 15.9 Å². The first-order valence-corrected chi connectivity index (χ1v) is 12.4. The van der Waals surface area contributed by atoms with Crippen molar-refractivity contribution in [1.29, 1.82) is 0 Å². The molecule has 2 saturated heterocycles. The number of fused-ring (bicyclic) bond motifs is 1. The maximum absolute atomic E-state index is 13.4. The number of anilines is 1. The van der Waals surface area contributed by atoms with E-state index in [9.17, 15) is 19.5 Å². The molecule has 0 bridgehead atoms. The number of nitrogens with two attached hydrogens (primary N) is 1. The average molecular weight is 483 g/mol. The Bertz CT molecular complexity index is 979. The van der Waals surface area contributed by atoms with E-state index in [4.69, 9.17) is 10.6 Å². The summed E-state index contributed by atoms with van der Waals surface area (Å²) < 4.78 is -1.38. The number of hydrogen-bond acceptors (Lipinski definition) is 9. The molecule has 5 atom stereocenters. The third-order valence-corrected chi connectivity index (χ3v) is 8.81. The molecule has 0 spiro atoms. The van der Waals surface area contributed by atoms with Gasteiger partial charge in [0.05, 0.1) is 4.75 Å². The van der Waals surface area contributed by atoms with Crippen LogP contribution in [-0.2, 0) is 19.2 Å². The Kier molecular flexibility index (Phi) is 5.97. The van der Waals surface area contributed by atoms with Gasteiger partial charge in [-0.3, -0.25) is 4.79 Å². The number of carboxylic acid groups (broad SMARTS) is 1. The van der Waals surface area contributed by atoms with E-state index in [-0.39, 0.29) is 40.3 Å². The molecule has 174 valence electrons. The van der Waals surface area contributed by atoms with Crippen molar-refractivity contribution in [2.24, 2.45) is 11.1 Å². The minimum Gasteiger partial charge on any atom is -0.477 e. The van der Waals surface area contributed by atoms with E-state index < -0.39 is 27.3 Å². The fourth-order valence-corrected chi connectivity index (χ4v) is 7.21. The van der Waals surface area contributed by atoms with E-state index in [2.05, 4.69) is 22.5 Å². The fourth-order valence-electron chi connectivity index (χ4n) is 4.88. The number of nitrogens with one attached hydrogen (secondary N) is 1. The van der Waals surface area contributed by atoms with Crippen molar-refractivity contribution in [2.45, 2.75) is 75.1 Å². The number of amides is 2. The number of nitrogen functional groups attached to an aromatic ring is 1. The molecular weight excluding hydrogens is 454 g/mol. The van der Waals surface area contributed by atoms with Gasteiger partial charge in [0.15, 0.2) is 16.2 Å². The van der Waals surface area contributed by atoms with Crippen molar-refractivity contribution in [3.63, 3.8) is 0 Å². The third-order valence-electron chi connectivity index (χ3n) is 6.53. The van der Waals surface area contributed by atoms with Gasteiger partial charge in [-0.05, 0) is 39.0 Å². The van der Waals surface area contributed by atoms with Gasteiger partial charge in [-0.25, -0.2) is 14.6 Å². The number of oxime groups is 1. The van der Waals surface area contributed by atoms with Crippen molar-refractivity contribution in [3.8, 4) is 0 Å². The zero-order valence-electron chi connectivity index (χ0n) is 18.2. The van der Waals surface area contributed by atoms with Crippen molar-refractivity contribution in [1.82, 2.24) is 10.4 Å². The molecule has 2 aliphatic heterocycles. The summed E-state index contributed by atoms with van der Waals surface area (Å²) in [6.45, 7) is 5.64. The highest BCUT2D eigenvalue weighted by molar-refractivity contribution is 8.01. The van der Waals surface area contributed by atoms with Crippen LogP contribution in [0.4, 0.5) is 5.13 Å². The topological polar surface area (TPSA) is 144 Å². The number of carbonyl (C=O) groups is 3. The number of carboxylic acids is 1. The second-order valence-electron chi connectivity index (χ2n) is 9.15. The van der Waals surface area contributed by atoms with Crippen LogP contribution < -0.4 is 11.2 Å². The molecule has 3 aliphatic rings. The number of aliphatic carboxylic acids is 1. The number of thioether (sulfide) groups is 1. The molecule has 1 unspecified atom stereocenters. The molecule has 2 amide bonds. The number of hydrogen-bond donors (Lipinski definition) is 3. The van der Waals surface area contributed by atoms with Crippen LogP contribution >= 0.6 is 23.1 Å². The number of quaternary nitrogens is 1. The maximum atomic E-state index is 13.4. The summed E-state index contributed by atoms with van der Waals surface area (Å²) in [5.41, 5.74) is 8.58. The Morgan fingerprint density at radius 2 is 2.09 bits per heavy atom. The summed E-state index contributed by atoms with van der Waals surface area (Å²) in [6, 6.07) is -1.12. The molecule has 3 heterocycles. The van der Waals surface area contributed by atoms with E-state index >= 15 is 0 Å². The molecule has 32 heavy (non-hydrogen) atoms. The number of β-lactam (4-membered cyclic amide) rings is 1. The Morgan fingerprint density at radius 3 is 2.69 bits per heavy atom. The first-order chi connectivity index (χ1) is 15.1. The van der Waals surface area contributed by atoms with Crippen LogP contribution in [0, 0.1) is 5.92 Å². The van der Waals surface area contributed by atoms with E-state index in [0.29, 0.717) is 5.92 Å². The SMILES string of the molecule is C[C@@H]1CCCC[C@H]1ON=C(C(=O)N[N+]12C(=O)C[C@H]1SC(C)(C)[C@@H]2C(=O)O)c1csc(N)n1. The molecular formula is C20H28N5O5S2+. The predicted octanol–water partition coefficient (Wildman–Crippen LogP) is 2.11. The molecule has 4 N–H and O–H groups in total. The van der Waals surface area contributed by atoms with Gasteiger partial charge in [-0.1, -0.05) is 30.3 Å². The van der Waals surface area contributed by atoms with E-state index in [1.807, 2.05) is 0 Å². The number of thiazole rings is 1. The Hall–Kier alpha value is -2.18. The summed E-state index contributed by atoms with van der Waals surface area (Å²) in [6.07, 6.45) is 4.09. The van der Waals surface area contributed by atoms with Crippen LogP contribution in [0.2, 0.25) is 0 Å². The highest BCUT2D eigenvalue weighted by Crippen LogP contribution is 2.55. The van der Waals surface area contributed by atoms with Gasteiger partial charge in [-0.2, -0.15) is 5.43 Å². The number of nitrogens with zero attached hydrogens (tertiary/aromatic N) is 3. The van der Waals surface area contributed by atoms with Gasteiger partial charge >= 0.3 is 17.8 Å². The van der Waals surface area contributed by atoms with Crippen molar-refractivity contribution < 1.29 is 28.9 Å². The second-order valence-corrected chi connectivity index (χ2v) is 11.9. The summed E-state index contributed by atoms with van der Waals surface area (Å²) >= 11 is 2.55. The average Bonchev–Trinajstić information content (AvgIpc) is 3.20. The molecule has 1 aliphatic carbocycles. The zero-order chi connectivity index (χ0) is 23.3.